The Morgan fingerprint density at radius 3 is 2.89 bits per heavy atom. The number of ether oxygens (including phenoxy) is 1. The van der Waals surface area contributed by atoms with Gasteiger partial charge >= 0.3 is 5.69 Å². The van der Waals surface area contributed by atoms with Crippen LogP contribution in [-0.2, 0) is 4.74 Å². The van der Waals surface area contributed by atoms with E-state index in [-0.39, 0.29) is 19.0 Å². The van der Waals surface area contributed by atoms with Crippen molar-refractivity contribution in [2.24, 2.45) is 5.41 Å². The van der Waals surface area contributed by atoms with E-state index in [2.05, 4.69) is 4.98 Å². The van der Waals surface area contributed by atoms with Crippen LogP contribution >= 0.6 is 0 Å². The first kappa shape index (κ1) is 13.0. The van der Waals surface area contributed by atoms with Crippen molar-refractivity contribution in [2.45, 2.75) is 25.7 Å². The van der Waals surface area contributed by atoms with E-state index < -0.39 is 23.4 Å². The van der Waals surface area contributed by atoms with Crippen LogP contribution in [0.15, 0.2) is 17.1 Å². The highest BCUT2D eigenvalue weighted by molar-refractivity contribution is 5.23. The normalized spacial score (nSPS) is 31.7. The molecule has 0 radical (unpaired) electrons. The summed E-state index contributed by atoms with van der Waals surface area (Å²) < 4.78 is 6.92. The summed E-state index contributed by atoms with van der Waals surface area (Å²) in [5.41, 5.74) is 4.34. The zero-order valence-electron chi connectivity index (χ0n) is 10.1. The first-order valence-electron chi connectivity index (χ1n) is 5.72. The zero-order valence-corrected chi connectivity index (χ0v) is 10.1. The molecule has 18 heavy (non-hydrogen) atoms. The summed E-state index contributed by atoms with van der Waals surface area (Å²) in [5.74, 6) is 0.151. The maximum atomic E-state index is 11.7. The van der Waals surface area contributed by atoms with E-state index in [1.54, 1.807) is 0 Å². The van der Waals surface area contributed by atoms with Gasteiger partial charge in [0.1, 0.15) is 12.0 Å². The van der Waals surface area contributed by atoms with Gasteiger partial charge in [-0.1, -0.05) is 6.92 Å². The Morgan fingerprint density at radius 1 is 1.67 bits per heavy atom. The van der Waals surface area contributed by atoms with E-state index in [9.17, 15) is 15.0 Å². The SMILES string of the molecule is C[C@]1(CO)CC(n2ccc(N)nc2=O)O[C@@H]1CO. The monoisotopic (exact) mass is 255 g/mol. The first-order chi connectivity index (χ1) is 8.50. The molecular weight excluding hydrogens is 238 g/mol. The number of aliphatic hydroxyl groups is 2. The van der Waals surface area contributed by atoms with Crippen LogP contribution in [0.2, 0.25) is 0 Å². The van der Waals surface area contributed by atoms with Crippen molar-refractivity contribution in [3.8, 4) is 0 Å². The maximum absolute atomic E-state index is 11.7. The number of nitrogen functional groups attached to an aromatic ring is 1. The van der Waals surface area contributed by atoms with Crippen LogP contribution in [0.4, 0.5) is 5.82 Å². The van der Waals surface area contributed by atoms with Crippen molar-refractivity contribution in [2.75, 3.05) is 18.9 Å². The number of anilines is 1. The smallest absolute Gasteiger partial charge is 0.351 e. The number of hydrogen-bond acceptors (Lipinski definition) is 6. The van der Waals surface area contributed by atoms with Crippen molar-refractivity contribution in [3.05, 3.63) is 22.7 Å². The molecule has 4 N–H and O–H groups in total. The van der Waals surface area contributed by atoms with Crippen LogP contribution in [0.5, 0.6) is 0 Å². The highest BCUT2D eigenvalue weighted by Gasteiger charge is 2.45. The number of aliphatic hydroxyl groups excluding tert-OH is 2. The molecule has 1 aromatic rings. The first-order valence-corrected chi connectivity index (χ1v) is 5.72. The summed E-state index contributed by atoms with van der Waals surface area (Å²) in [6, 6.07) is 1.51. The number of rotatable bonds is 3. The van der Waals surface area contributed by atoms with Gasteiger partial charge in [0.2, 0.25) is 0 Å². The molecule has 0 aromatic carbocycles. The molecule has 1 aliphatic heterocycles. The molecule has 0 spiro atoms. The molecule has 3 atom stereocenters. The Bertz CT molecular complexity index is 489. The standard InChI is InChI=1S/C11H17N3O4/c1-11(6-16)4-9(18-7(11)5-15)14-3-2-8(12)13-10(14)17/h2-3,7,9,15-16H,4-6H2,1H3,(H2,12,13,17)/t7-,9?,11-/m1/s1. The largest absolute Gasteiger partial charge is 0.396 e. The minimum absolute atomic E-state index is 0.119. The van der Waals surface area contributed by atoms with Gasteiger partial charge in [0.25, 0.3) is 0 Å². The predicted molar refractivity (Wildman–Crippen MR) is 63.7 cm³/mol. The van der Waals surface area contributed by atoms with Crippen LogP contribution < -0.4 is 11.4 Å². The van der Waals surface area contributed by atoms with Crippen molar-refractivity contribution in [1.29, 1.82) is 0 Å². The van der Waals surface area contributed by atoms with E-state index in [1.807, 2.05) is 6.92 Å². The van der Waals surface area contributed by atoms with E-state index >= 15 is 0 Å². The quantitative estimate of drug-likeness (QED) is 0.646. The third-order valence-electron chi connectivity index (χ3n) is 3.43. The third-order valence-corrected chi connectivity index (χ3v) is 3.43. The zero-order chi connectivity index (χ0) is 13.3. The van der Waals surface area contributed by atoms with Crippen LogP contribution in [0.3, 0.4) is 0 Å². The number of aromatic nitrogens is 2. The van der Waals surface area contributed by atoms with Crippen molar-refractivity contribution in [3.63, 3.8) is 0 Å². The molecule has 7 heteroatoms. The van der Waals surface area contributed by atoms with Gasteiger partial charge in [-0.3, -0.25) is 4.57 Å². The second-order valence-corrected chi connectivity index (χ2v) is 4.82. The minimum atomic E-state index is -0.569. The van der Waals surface area contributed by atoms with Crippen molar-refractivity contribution < 1.29 is 14.9 Å². The Hall–Kier alpha value is -1.44. The van der Waals surface area contributed by atoms with Gasteiger partial charge in [-0.05, 0) is 6.07 Å². The Balaban J connectivity index is 2.29. The lowest BCUT2D eigenvalue weighted by atomic mass is 9.84. The second-order valence-electron chi connectivity index (χ2n) is 4.82. The summed E-state index contributed by atoms with van der Waals surface area (Å²) >= 11 is 0. The summed E-state index contributed by atoms with van der Waals surface area (Å²) in [7, 11) is 0. The number of nitrogens with zero attached hydrogens (tertiary/aromatic N) is 2. The number of nitrogens with two attached hydrogens (primary N) is 1. The van der Waals surface area contributed by atoms with Crippen LogP contribution in [0.25, 0.3) is 0 Å². The Morgan fingerprint density at radius 2 is 2.39 bits per heavy atom. The van der Waals surface area contributed by atoms with Crippen molar-refractivity contribution >= 4 is 5.82 Å². The molecular formula is C11H17N3O4. The Labute approximate surface area is 104 Å². The molecule has 0 saturated carbocycles. The van der Waals surface area contributed by atoms with E-state index in [0.29, 0.717) is 6.42 Å². The van der Waals surface area contributed by atoms with Gasteiger partial charge in [-0.25, -0.2) is 4.79 Å². The van der Waals surface area contributed by atoms with Crippen LogP contribution in [0, 0.1) is 5.41 Å². The fourth-order valence-corrected chi connectivity index (χ4v) is 2.17. The summed E-state index contributed by atoms with van der Waals surface area (Å²) in [6.45, 7) is 1.49. The molecule has 1 saturated heterocycles. The van der Waals surface area contributed by atoms with Gasteiger partial charge in [-0.15, -0.1) is 0 Å². The van der Waals surface area contributed by atoms with Crippen LogP contribution in [0.1, 0.15) is 19.6 Å². The second kappa shape index (κ2) is 4.68. The van der Waals surface area contributed by atoms with Gasteiger partial charge in [0.05, 0.1) is 19.3 Å². The molecule has 2 rings (SSSR count). The highest BCUT2D eigenvalue weighted by Crippen LogP contribution is 2.42. The molecule has 1 aliphatic rings. The molecule has 1 unspecified atom stereocenters. The Kier molecular flexibility index (Phi) is 3.38. The molecule has 0 amide bonds. The topological polar surface area (TPSA) is 111 Å². The average molecular weight is 255 g/mol. The molecule has 100 valence electrons. The minimum Gasteiger partial charge on any atom is -0.396 e. The summed E-state index contributed by atoms with van der Waals surface area (Å²) in [5, 5.41) is 18.6. The molecule has 0 bridgehead atoms. The molecule has 7 nitrogen and oxygen atoms in total. The fourth-order valence-electron chi connectivity index (χ4n) is 2.17. The van der Waals surface area contributed by atoms with Gasteiger partial charge < -0.3 is 20.7 Å². The highest BCUT2D eigenvalue weighted by atomic mass is 16.5. The average Bonchev–Trinajstić information content (AvgIpc) is 2.67. The molecule has 0 aliphatic carbocycles. The van der Waals surface area contributed by atoms with Gasteiger partial charge in [0.15, 0.2) is 0 Å². The lowest BCUT2D eigenvalue weighted by molar-refractivity contribution is -0.0541. The van der Waals surface area contributed by atoms with Crippen LogP contribution in [-0.4, -0.2) is 39.1 Å². The predicted octanol–water partition coefficient (Wildman–Crippen LogP) is -0.896. The molecule has 2 heterocycles. The van der Waals surface area contributed by atoms with Crippen molar-refractivity contribution in [1.82, 2.24) is 9.55 Å². The van der Waals surface area contributed by atoms with E-state index in [0.717, 1.165) is 0 Å². The molecule has 1 aromatic heterocycles. The van der Waals surface area contributed by atoms with E-state index in [1.165, 1.54) is 16.8 Å². The lowest BCUT2D eigenvalue weighted by Gasteiger charge is -2.25. The summed E-state index contributed by atoms with van der Waals surface area (Å²) in [6.07, 6.45) is 0.893. The molecule has 1 fully saturated rings. The van der Waals surface area contributed by atoms with Gasteiger partial charge in [0, 0.05) is 18.0 Å². The number of hydrogen-bond donors (Lipinski definition) is 3. The fraction of sp³-hybridized carbons (Fsp3) is 0.636. The lowest BCUT2D eigenvalue weighted by Crippen LogP contribution is -2.34. The third kappa shape index (κ3) is 2.12. The maximum Gasteiger partial charge on any atom is 0.351 e. The summed E-state index contributed by atoms with van der Waals surface area (Å²) in [4.78, 5) is 15.3. The van der Waals surface area contributed by atoms with E-state index in [4.69, 9.17) is 10.5 Å². The van der Waals surface area contributed by atoms with Gasteiger partial charge in [-0.2, -0.15) is 4.98 Å².